The molecule has 4 atom stereocenters. The van der Waals surface area contributed by atoms with Crippen LogP contribution >= 0.6 is 0 Å². The number of hydrogen-bond donors (Lipinski definition) is 3. The molecule has 1 saturated carbocycles. The lowest BCUT2D eigenvalue weighted by Crippen LogP contribution is -2.55. The molecule has 3 amide bonds. The molecule has 2 rings (SSSR count). The first-order valence-electron chi connectivity index (χ1n) is 11.2. The lowest BCUT2D eigenvalue weighted by molar-refractivity contribution is -0.144. The number of aliphatic hydroxyl groups excluding tert-OH is 1. The third-order valence-corrected chi connectivity index (χ3v) is 5.22. The molecule has 0 heterocycles. The number of rotatable bonds is 8. The Hall–Kier alpha value is -3.05. The number of ether oxygens (including phenoxy) is 1. The van der Waals surface area contributed by atoms with Gasteiger partial charge in [-0.1, -0.05) is 31.0 Å². The third kappa shape index (κ3) is 6.96. The third-order valence-electron chi connectivity index (χ3n) is 5.22. The number of aliphatic hydroxyl groups is 1. The standard InChI is InChI=1S/C25H35N3O5/c1-8-17-11-9-10-12-18(17)21(22(30)26-15(2)3)28(20-13-16(20)4)23(31)19(14-29)27-24(32)33-25(5,6)7/h1,9-12,15-16,19-21,29H,13-14H2,2-7H3,(H,26,30)(H,27,32). The zero-order valence-electron chi connectivity index (χ0n) is 20.2. The van der Waals surface area contributed by atoms with Gasteiger partial charge >= 0.3 is 6.09 Å². The number of carbonyl (C=O) groups is 3. The van der Waals surface area contributed by atoms with Gasteiger partial charge in [0.15, 0.2) is 0 Å². The van der Waals surface area contributed by atoms with Crippen molar-refractivity contribution in [3.8, 4) is 12.3 Å². The number of nitrogens with zero attached hydrogens (tertiary/aromatic N) is 1. The lowest BCUT2D eigenvalue weighted by Gasteiger charge is -2.35. The van der Waals surface area contributed by atoms with Crippen LogP contribution in [0.5, 0.6) is 0 Å². The molecule has 0 aliphatic heterocycles. The Morgan fingerprint density at radius 3 is 2.33 bits per heavy atom. The Balaban J connectivity index is 2.48. The molecule has 1 aliphatic carbocycles. The minimum atomic E-state index is -1.28. The van der Waals surface area contributed by atoms with E-state index >= 15 is 0 Å². The van der Waals surface area contributed by atoms with Crippen molar-refractivity contribution < 1.29 is 24.2 Å². The first kappa shape index (κ1) is 26.2. The molecule has 8 nitrogen and oxygen atoms in total. The number of benzene rings is 1. The SMILES string of the molecule is C#Cc1ccccc1C(C(=O)NC(C)C)N(C(=O)C(CO)NC(=O)OC(C)(C)C)C1CC1C. The van der Waals surface area contributed by atoms with Crippen LogP contribution < -0.4 is 10.6 Å². The van der Waals surface area contributed by atoms with E-state index in [2.05, 4.69) is 16.6 Å². The average Bonchev–Trinajstić information content (AvgIpc) is 3.43. The number of hydrogen-bond acceptors (Lipinski definition) is 5. The molecule has 33 heavy (non-hydrogen) atoms. The van der Waals surface area contributed by atoms with Crippen molar-refractivity contribution in [3.63, 3.8) is 0 Å². The summed E-state index contributed by atoms with van der Waals surface area (Å²) in [6.45, 7) is 10.1. The van der Waals surface area contributed by atoms with Crippen molar-refractivity contribution in [1.82, 2.24) is 15.5 Å². The number of terminal acetylenes is 1. The quantitative estimate of drug-likeness (QED) is 0.520. The number of nitrogens with one attached hydrogen (secondary N) is 2. The van der Waals surface area contributed by atoms with Gasteiger partial charge < -0.3 is 25.4 Å². The molecule has 4 unspecified atom stereocenters. The van der Waals surface area contributed by atoms with Gasteiger partial charge in [-0.05, 0) is 58.6 Å². The second kappa shape index (κ2) is 10.7. The highest BCUT2D eigenvalue weighted by atomic mass is 16.6. The van der Waals surface area contributed by atoms with E-state index in [1.807, 2.05) is 20.8 Å². The van der Waals surface area contributed by atoms with E-state index in [1.165, 1.54) is 4.90 Å². The molecule has 0 spiro atoms. The molecular weight excluding hydrogens is 422 g/mol. The molecule has 0 bridgehead atoms. The van der Waals surface area contributed by atoms with Gasteiger partial charge in [0, 0.05) is 17.6 Å². The summed E-state index contributed by atoms with van der Waals surface area (Å²) < 4.78 is 5.24. The summed E-state index contributed by atoms with van der Waals surface area (Å²) in [7, 11) is 0. The maximum Gasteiger partial charge on any atom is 0.408 e. The van der Waals surface area contributed by atoms with Crippen molar-refractivity contribution in [2.24, 2.45) is 5.92 Å². The van der Waals surface area contributed by atoms with Crippen LogP contribution in [0.15, 0.2) is 24.3 Å². The summed E-state index contributed by atoms with van der Waals surface area (Å²) in [6.07, 6.45) is 5.56. The Labute approximate surface area is 196 Å². The van der Waals surface area contributed by atoms with Crippen molar-refractivity contribution in [2.45, 2.75) is 77.7 Å². The van der Waals surface area contributed by atoms with E-state index in [1.54, 1.807) is 45.0 Å². The van der Waals surface area contributed by atoms with Gasteiger partial charge in [-0.3, -0.25) is 9.59 Å². The van der Waals surface area contributed by atoms with E-state index in [0.29, 0.717) is 17.5 Å². The molecule has 0 radical (unpaired) electrons. The summed E-state index contributed by atoms with van der Waals surface area (Å²) in [6, 6.07) is 4.27. The van der Waals surface area contributed by atoms with Crippen LogP contribution in [0.1, 0.15) is 65.1 Å². The highest BCUT2D eigenvalue weighted by Crippen LogP contribution is 2.41. The number of carbonyl (C=O) groups excluding carboxylic acids is 3. The molecule has 3 N–H and O–H groups in total. The molecule has 0 aromatic heterocycles. The smallest absolute Gasteiger partial charge is 0.408 e. The molecule has 1 aliphatic rings. The monoisotopic (exact) mass is 457 g/mol. The molecule has 1 fully saturated rings. The summed E-state index contributed by atoms with van der Waals surface area (Å²) >= 11 is 0. The largest absolute Gasteiger partial charge is 0.444 e. The van der Waals surface area contributed by atoms with Gasteiger partial charge in [0.1, 0.15) is 17.7 Å². The molecule has 1 aromatic carbocycles. The predicted molar refractivity (Wildman–Crippen MR) is 125 cm³/mol. The van der Waals surface area contributed by atoms with Gasteiger partial charge in [0.05, 0.1) is 6.61 Å². The number of amides is 3. The zero-order valence-corrected chi connectivity index (χ0v) is 20.2. The summed E-state index contributed by atoms with van der Waals surface area (Å²) in [5, 5.41) is 15.3. The van der Waals surface area contributed by atoms with Crippen molar-refractivity contribution in [3.05, 3.63) is 35.4 Å². The lowest BCUT2D eigenvalue weighted by atomic mass is 9.97. The van der Waals surface area contributed by atoms with Gasteiger partial charge in [-0.15, -0.1) is 6.42 Å². The van der Waals surface area contributed by atoms with E-state index in [9.17, 15) is 19.5 Å². The summed E-state index contributed by atoms with van der Waals surface area (Å²) in [5.41, 5.74) is 0.233. The van der Waals surface area contributed by atoms with E-state index in [-0.39, 0.29) is 23.9 Å². The topological polar surface area (TPSA) is 108 Å². The average molecular weight is 458 g/mol. The normalized spacial score (nSPS) is 19.1. The Kier molecular flexibility index (Phi) is 8.51. The number of alkyl carbamates (subject to hydrolysis) is 1. The predicted octanol–water partition coefficient (Wildman–Crippen LogP) is 2.36. The molecule has 1 aromatic rings. The first-order chi connectivity index (χ1) is 15.4. The van der Waals surface area contributed by atoms with Crippen LogP contribution in [0.2, 0.25) is 0 Å². The van der Waals surface area contributed by atoms with Crippen molar-refractivity contribution in [1.29, 1.82) is 0 Å². The van der Waals surface area contributed by atoms with E-state index in [4.69, 9.17) is 11.2 Å². The van der Waals surface area contributed by atoms with Gasteiger partial charge in [-0.25, -0.2) is 4.79 Å². The fraction of sp³-hybridized carbons (Fsp3) is 0.560. The fourth-order valence-corrected chi connectivity index (χ4v) is 3.64. The van der Waals surface area contributed by atoms with Gasteiger partial charge in [-0.2, -0.15) is 0 Å². The maximum absolute atomic E-state index is 13.7. The van der Waals surface area contributed by atoms with Crippen LogP contribution in [-0.4, -0.2) is 58.2 Å². The Morgan fingerprint density at radius 2 is 1.85 bits per heavy atom. The second-order valence-corrected chi connectivity index (χ2v) is 9.70. The van der Waals surface area contributed by atoms with Crippen LogP contribution in [0.25, 0.3) is 0 Å². The van der Waals surface area contributed by atoms with E-state index < -0.39 is 36.3 Å². The maximum atomic E-state index is 13.7. The minimum absolute atomic E-state index is 0.155. The highest BCUT2D eigenvalue weighted by molar-refractivity contribution is 5.93. The molecular formula is C25H35N3O5. The van der Waals surface area contributed by atoms with E-state index in [0.717, 1.165) is 0 Å². The first-order valence-corrected chi connectivity index (χ1v) is 11.2. The van der Waals surface area contributed by atoms with Gasteiger partial charge in [0.25, 0.3) is 0 Å². The summed E-state index contributed by atoms with van der Waals surface area (Å²) in [4.78, 5) is 40.8. The fourth-order valence-electron chi connectivity index (χ4n) is 3.64. The van der Waals surface area contributed by atoms with Crippen molar-refractivity contribution >= 4 is 17.9 Å². The Morgan fingerprint density at radius 1 is 1.24 bits per heavy atom. The second-order valence-electron chi connectivity index (χ2n) is 9.70. The molecule has 8 heteroatoms. The highest BCUT2D eigenvalue weighted by Gasteiger charge is 2.48. The van der Waals surface area contributed by atoms with Crippen LogP contribution in [0.3, 0.4) is 0 Å². The van der Waals surface area contributed by atoms with Crippen LogP contribution in [0.4, 0.5) is 4.79 Å². The summed E-state index contributed by atoms with van der Waals surface area (Å²) in [5.74, 6) is 1.79. The van der Waals surface area contributed by atoms with Crippen molar-refractivity contribution in [2.75, 3.05) is 6.61 Å². The molecule has 180 valence electrons. The zero-order chi connectivity index (χ0) is 24.9. The van der Waals surface area contributed by atoms with Gasteiger partial charge in [0.2, 0.25) is 11.8 Å². The minimum Gasteiger partial charge on any atom is -0.444 e. The van der Waals surface area contributed by atoms with Crippen LogP contribution in [-0.2, 0) is 14.3 Å². The Bertz CT molecular complexity index is 915. The molecule has 0 saturated heterocycles. The van der Waals surface area contributed by atoms with Crippen LogP contribution in [0, 0.1) is 18.3 Å².